The Morgan fingerprint density at radius 3 is 2.28 bits per heavy atom. The van der Waals surface area contributed by atoms with Gasteiger partial charge in [0.15, 0.2) is 5.58 Å². The zero-order valence-electron chi connectivity index (χ0n) is 9.45. The molecule has 0 saturated heterocycles. The summed E-state index contributed by atoms with van der Waals surface area (Å²) in [5.41, 5.74) is 0.812. The summed E-state index contributed by atoms with van der Waals surface area (Å²) in [6.45, 7) is 0. The minimum absolute atomic E-state index is 0.273. The lowest BCUT2D eigenvalue weighted by Gasteiger charge is -2.17. The van der Waals surface area contributed by atoms with Crippen LogP contribution in [0.2, 0.25) is 0 Å². The largest absolute Gasteiger partial charge is 0.508 e. The summed E-state index contributed by atoms with van der Waals surface area (Å²) < 4.78 is 42.4. The van der Waals surface area contributed by atoms with Gasteiger partial charge in [-0.3, -0.25) is 0 Å². The Hall–Kier alpha value is -1.16. The van der Waals surface area contributed by atoms with Gasteiger partial charge in [-0.15, -0.1) is 10.2 Å². The van der Waals surface area contributed by atoms with Crippen LogP contribution in [-0.4, -0.2) is 19.2 Å². The summed E-state index contributed by atoms with van der Waals surface area (Å²) in [7, 11) is -1.10. The van der Waals surface area contributed by atoms with Gasteiger partial charge in [0.05, 0.1) is 4.70 Å². The third-order valence-corrected chi connectivity index (χ3v) is 2.85. The second-order valence-electron chi connectivity index (χ2n) is 3.37. The molecular formula is C9H10ClNO6S. The van der Waals surface area contributed by atoms with E-state index in [4.69, 9.17) is 23.1 Å². The van der Waals surface area contributed by atoms with E-state index in [0.29, 0.717) is 0 Å². The number of hydrogen-bond acceptors (Lipinski definition) is 7. The Morgan fingerprint density at radius 1 is 1.22 bits per heavy atom. The SMILES string of the molecule is C[N+](C)=c1oc2ccc(O)cc2s1.[O-][Cl+3]([O-])([O-])[O-]. The number of nitrogens with zero attached hydrogens (tertiary/aromatic N) is 1. The molecule has 18 heavy (non-hydrogen) atoms. The molecule has 0 radical (unpaired) electrons. The number of phenolic OH excluding ortho intramolecular Hbond substituents is 1. The Kier molecular flexibility index (Phi) is 4.68. The first-order valence-corrected chi connectivity index (χ1v) is 6.56. The third kappa shape index (κ3) is 5.00. The van der Waals surface area contributed by atoms with E-state index in [0.717, 1.165) is 15.2 Å². The maximum Gasteiger partial charge on any atom is 0.430 e. The van der Waals surface area contributed by atoms with E-state index in [9.17, 15) is 5.11 Å². The van der Waals surface area contributed by atoms with Crippen LogP contribution in [0, 0.1) is 10.2 Å². The summed E-state index contributed by atoms with van der Waals surface area (Å²) in [5, 5.41) is 9.23. The summed E-state index contributed by atoms with van der Waals surface area (Å²) in [6, 6.07) is 5.10. The number of benzene rings is 1. The Balaban J connectivity index is 0.000000280. The zero-order valence-corrected chi connectivity index (χ0v) is 11.0. The van der Waals surface area contributed by atoms with Crippen LogP contribution >= 0.6 is 11.3 Å². The summed E-state index contributed by atoms with van der Waals surface area (Å²) in [5.74, 6) is 0.273. The molecular weight excluding hydrogens is 286 g/mol. The van der Waals surface area contributed by atoms with Gasteiger partial charge in [-0.2, -0.15) is 4.58 Å². The Morgan fingerprint density at radius 2 is 1.78 bits per heavy atom. The first-order valence-electron chi connectivity index (χ1n) is 4.51. The highest BCUT2D eigenvalue weighted by molar-refractivity contribution is 7.16. The first kappa shape index (κ1) is 14.9. The molecule has 1 heterocycles. The van der Waals surface area contributed by atoms with Gasteiger partial charge in [-0.25, -0.2) is 18.6 Å². The normalized spacial score (nSPS) is 11.0. The van der Waals surface area contributed by atoms with Crippen LogP contribution in [0.25, 0.3) is 10.3 Å². The summed E-state index contributed by atoms with van der Waals surface area (Å²) in [6.07, 6.45) is 0. The van der Waals surface area contributed by atoms with Gasteiger partial charge in [-0.05, 0) is 23.5 Å². The molecule has 9 heteroatoms. The van der Waals surface area contributed by atoms with Crippen molar-refractivity contribution in [2.75, 3.05) is 14.1 Å². The van der Waals surface area contributed by atoms with Crippen molar-refractivity contribution in [2.24, 2.45) is 0 Å². The smallest absolute Gasteiger partial charge is 0.430 e. The van der Waals surface area contributed by atoms with Crippen molar-refractivity contribution in [1.82, 2.24) is 4.58 Å². The van der Waals surface area contributed by atoms with Crippen molar-refractivity contribution in [2.45, 2.75) is 0 Å². The molecule has 1 N–H and O–H groups in total. The predicted octanol–water partition coefficient (Wildman–Crippen LogP) is -3.52. The van der Waals surface area contributed by atoms with Crippen LogP contribution in [0.3, 0.4) is 0 Å². The van der Waals surface area contributed by atoms with E-state index in [2.05, 4.69) is 0 Å². The van der Waals surface area contributed by atoms with Gasteiger partial charge < -0.3 is 9.52 Å². The van der Waals surface area contributed by atoms with Crippen molar-refractivity contribution in [1.29, 1.82) is 0 Å². The molecule has 0 aliphatic heterocycles. The van der Waals surface area contributed by atoms with Crippen LogP contribution in [0.4, 0.5) is 0 Å². The predicted molar refractivity (Wildman–Crippen MR) is 52.9 cm³/mol. The highest BCUT2D eigenvalue weighted by Gasteiger charge is 2.05. The fraction of sp³-hybridized carbons (Fsp3) is 0.222. The van der Waals surface area contributed by atoms with Crippen LogP contribution in [-0.2, 0) is 0 Å². The standard InChI is InChI=1S/C9H9NO2S.ClHO4/c1-10(2)9-12-7-4-3-6(11)5-8(7)13-9;2-1(3,4)5/h3-5H,1-2H3;(H,2,3,4,5). The molecule has 2 aromatic rings. The van der Waals surface area contributed by atoms with E-state index in [-0.39, 0.29) is 5.75 Å². The molecule has 7 nitrogen and oxygen atoms in total. The monoisotopic (exact) mass is 295 g/mol. The Labute approximate surface area is 108 Å². The lowest BCUT2D eigenvalue weighted by atomic mass is 10.3. The number of fused-ring (bicyclic) bond motifs is 1. The number of halogens is 1. The lowest BCUT2D eigenvalue weighted by Crippen LogP contribution is -2.68. The van der Waals surface area contributed by atoms with Gasteiger partial charge in [0.25, 0.3) is 0 Å². The number of rotatable bonds is 0. The first-order chi connectivity index (χ1) is 8.16. The fourth-order valence-corrected chi connectivity index (χ4v) is 1.94. The van der Waals surface area contributed by atoms with E-state index >= 15 is 0 Å². The molecule has 0 bridgehead atoms. The van der Waals surface area contributed by atoms with Gasteiger partial charge in [-0.1, -0.05) is 0 Å². The highest BCUT2D eigenvalue weighted by Crippen LogP contribution is 2.21. The molecule has 0 aliphatic carbocycles. The molecule has 0 saturated carbocycles. The average Bonchev–Trinajstić information content (AvgIpc) is 2.57. The van der Waals surface area contributed by atoms with E-state index in [1.807, 2.05) is 18.7 Å². The number of aromatic hydroxyl groups is 1. The molecule has 1 aromatic carbocycles. The maximum absolute atomic E-state index is 9.23. The van der Waals surface area contributed by atoms with Crippen molar-refractivity contribution < 1.29 is 38.4 Å². The summed E-state index contributed by atoms with van der Waals surface area (Å²) >= 11 is 1.52. The van der Waals surface area contributed by atoms with Gasteiger partial charge >= 0.3 is 4.87 Å². The second-order valence-corrected chi connectivity index (χ2v) is 5.12. The van der Waals surface area contributed by atoms with Crippen molar-refractivity contribution in [3.05, 3.63) is 23.1 Å². The molecule has 0 unspecified atom stereocenters. The third-order valence-electron chi connectivity index (χ3n) is 1.69. The van der Waals surface area contributed by atoms with E-state index < -0.39 is 10.2 Å². The fourth-order valence-electron chi connectivity index (χ4n) is 1.05. The molecule has 0 atom stereocenters. The van der Waals surface area contributed by atoms with Gasteiger partial charge in [0.2, 0.25) is 0 Å². The molecule has 2 rings (SSSR count). The minimum atomic E-state index is -4.94. The minimum Gasteiger partial charge on any atom is -0.508 e. The van der Waals surface area contributed by atoms with Gasteiger partial charge in [0, 0.05) is 6.07 Å². The zero-order chi connectivity index (χ0) is 13.9. The molecule has 100 valence electrons. The van der Waals surface area contributed by atoms with Crippen LogP contribution < -0.4 is 28.1 Å². The lowest BCUT2D eigenvalue weighted by molar-refractivity contribution is -2.00. The number of hydrogen-bond donors (Lipinski definition) is 1. The Bertz CT molecular complexity index is 589. The second kappa shape index (κ2) is 5.65. The molecule has 0 aliphatic rings. The molecule has 0 fully saturated rings. The maximum atomic E-state index is 9.23. The van der Waals surface area contributed by atoms with E-state index in [1.165, 1.54) is 11.3 Å². The van der Waals surface area contributed by atoms with Crippen molar-refractivity contribution in [3.8, 4) is 5.75 Å². The molecule has 0 amide bonds. The molecule has 1 aromatic heterocycles. The van der Waals surface area contributed by atoms with Crippen LogP contribution in [0.15, 0.2) is 22.6 Å². The topological polar surface area (TPSA) is 129 Å². The van der Waals surface area contributed by atoms with E-state index in [1.54, 1.807) is 18.2 Å². The average molecular weight is 296 g/mol. The highest BCUT2D eigenvalue weighted by atomic mass is 35.7. The van der Waals surface area contributed by atoms with Crippen LogP contribution in [0.1, 0.15) is 0 Å². The van der Waals surface area contributed by atoms with Gasteiger partial charge in [0.1, 0.15) is 19.8 Å². The van der Waals surface area contributed by atoms with Crippen molar-refractivity contribution in [3.63, 3.8) is 0 Å². The molecule has 0 spiro atoms. The quantitative estimate of drug-likeness (QED) is 0.502. The summed E-state index contributed by atoms with van der Waals surface area (Å²) in [4.78, 5) is 0.834. The number of phenols is 1. The van der Waals surface area contributed by atoms with Crippen molar-refractivity contribution >= 4 is 21.6 Å². The van der Waals surface area contributed by atoms with Crippen LogP contribution in [0.5, 0.6) is 5.75 Å².